The molecule has 3 rings (SSSR count). The fraction of sp³-hybridized carbons (Fsp3) is 0.158. The van der Waals surface area contributed by atoms with Gasteiger partial charge in [-0.1, -0.05) is 30.3 Å². The Morgan fingerprint density at radius 3 is 2.56 bits per heavy atom. The van der Waals surface area contributed by atoms with Crippen molar-refractivity contribution < 1.29 is 23.1 Å². The summed E-state index contributed by atoms with van der Waals surface area (Å²) in [5, 5.41) is 10.1. The van der Waals surface area contributed by atoms with Crippen LogP contribution in [0.4, 0.5) is 4.39 Å². The molecule has 1 amide bonds. The third kappa shape index (κ3) is 4.55. The lowest BCUT2D eigenvalue weighted by atomic mass is 10.2. The van der Waals surface area contributed by atoms with Gasteiger partial charge < -0.3 is 14.5 Å². The number of amides is 1. The number of hydrogen-bond donors (Lipinski definition) is 1. The second-order valence-corrected chi connectivity index (χ2v) is 5.61. The minimum Gasteiger partial charge on any atom is -0.451 e. The molecule has 0 aliphatic rings. The molecule has 2 aromatic carbocycles. The zero-order chi connectivity index (χ0) is 19.2. The highest BCUT2D eigenvalue weighted by molar-refractivity contribution is 5.96. The van der Waals surface area contributed by atoms with E-state index in [2.05, 4.69) is 15.5 Å². The van der Waals surface area contributed by atoms with E-state index in [1.54, 1.807) is 6.92 Å². The third-order valence-electron chi connectivity index (χ3n) is 3.63. The Kier molecular flexibility index (Phi) is 5.55. The van der Waals surface area contributed by atoms with Gasteiger partial charge in [0.25, 0.3) is 11.8 Å². The molecule has 0 radical (unpaired) electrons. The van der Waals surface area contributed by atoms with E-state index < -0.39 is 30.3 Å². The van der Waals surface area contributed by atoms with E-state index >= 15 is 0 Å². The number of nitrogens with one attached hydrogen (secondary N) is 1. The number of esters is 1. The van der Waals surface area contributed by atoms with Gasteiger partial charge in [0.2, 0.25) is 5.89 Å². The number of nitrogens with zero attached hydrogens (tertiary/aromatic N) is 2. The zero-order valence-electron chi connectivity index (χ0n) is 14.4. The average Bonchev–Trinajstić information content (AvgIpc) is 3.17. The highest BCUT2D eigenvalue weighted by Crippen LogP contribution is 2.21. The molecule has 0 unspecified atom stereocenters. The van der Waals surface area contributed by atoms with E-state index in [9.17, 15) is 14.0 Å². The molecule has 138 valence electrons. The lowest BCUT2D eigenvalue weighted by Crippen LogP contribution is -2.31. The molecule has 1 atom stereocenters. The largest absolute Gasteiger partial charge is 0.451 e. The molecule has 0 saturated heterocycles. The van der Waals surface area contributed by atoms with E-state index in [0.717, 1.165) is 11.6 Å². The Morgan fingerprint density at radius 1 is 1.11 bits per heavy atom. The molecule has 7 nitrogen and oxygen atoms in total. The second kappa shape index (κ2) is 8.22. The topological polar surface area (TPSA) is 94.3 Å². The molecule has 0 spiro atoms. The van der Waals surface area contributed by atoms with E-state index in [1.807, 2.05) is 30.3 Å². The highest BCUT2D eigenvalue weighted by atomic mass is 19.1. The molecule has 1 N–H and O–H groups in total. The summed E-state index contributed by atoms with van der Waals surface area (Å²) >= 11 is 0. The van der Waals surface area contributed by atoms with Gasteiger partial charge in [0.1, 0.15) is 12.4 Å². The molecule has 0 aliphatic carbocycles. The van der Waals surface area contributed by atoms with Crippen LogP contribution < -0.4 is 5.32 Å². The fourth-order valence-electron chi connectivity index (χ4n) is 2.28. The van der Waals surface area contributed by atoms with Gasteiger partial charge >= 0.3 is 5.97 Å². The lowest BCUT2D eigenvalue weighted by molar-refractivity contribution is -0.148. The van der Waals surface area contributed by atoms with Gasteiger partial charge in [0, 0.05) is 5.56 Å². The first kappa shape index (κ1) is 18.2. The van der Waals surface area contributed by atoms with Crippen molar-refractivity contribution in [2.45, 2.75) is 13.0 Å². The van der Waals surface area contributed by atoms with Crippen molar-refractivity contribution in [1.29, 1.82) is 0 Å². The van der Waals surface area contributed by atoms with Crippen molar-refractivity contribution in [3.05, 3.63) is 71.9 Å². The molecule has 0 fully saturated rings. The van der Waals surface area contributed by atoms with Gasteiger partial charge in [-0.25, -0.2) is 4.39 Å². The summed E-state index contributed by atoms with van der Waals surface area (Å²) in [6.07, 6.45) is -0.798. The van der Waals surface area contributed by atoms with Crippen molar-refractivity contribution in [2.75, 3.05) is 6.54 Å². The van der Waals surface area contributed by atoms with Crippen LogP contribution in [-0.2, 0) is 9.53 Å². The maximum absolute atomic E-state index is 13.5. The smallest absolute Gasteiger partial charge is 0.326 e. The van der Waals surface area contributed by atoms with Crippen LogP contribution in [0, 0.1) is 5.82 Å². The number of ether oxygens (including phenoxy) is 1. The Bertz CT molecular complexity index is 943. The summed E-state index contributed by atoms with van der Waals surface area (Å²) in [5.41, 5.74) is 0.592. The normalized spacial score (nSPS) is 11.6. The monoisotopic (exact) mass is 369 g/mol. The molecular formula is C19H16FN3O4. The Balaban J connectivity index is 1.54. The SMILES string of the molecule is C[C@H](OC(=O)CNC(=O)c1ccccc1F)c1nnc(-c2ccccc2)o1. The van der Waals surface area contributed by atoms with Crippen LogP contribution in [0.15, 0.2) is 59.0 Å². The van der Waals surface area contributed by atoms with E-state index in [0.29, 0.717) is 5.89 Å². The molecule has 0 bridgehead atoms. The van der Waals surface area contributed by atoms with Crippen molar-refractivity contribution in [2.24, 2.45) is 0 Å². The fourth-order valence-corrected chi connectivity index (χ4v) is 2.28. The minimum absolute atomic E-state index is 0.127. The summed E-state index contributed by atoms with van der Waals surface area (Å²) in [5.74, 6) is -1.66. The lowest BCUT2D eigenvalue weighted by Gasteiger charge is -2.10. The molecule has 0 saturated carbocycles. The van der Waals surface area contributed by atoms with Crippen molar-refractivity contribution in [3.8, 4) is 11.5 Å². The number of benzene rings is 2. The number of rotatable bonds is 6. The summed E-state index contributed by atoms with van der Waals surface area (Å²) in [6, 6.07) is 14.6. The first-order chi connectivity index (χ1) is 13.0. The van der Waals surface area contributed by atoms with Crippen LogP contribution in [0.2, 0.25) is 0 Å². The number of hydrogen-bond acceptors (Lipinski definition) is 6. The molecule has 0 aliphatic heterocycles. The Morgan fingerprint density at radius 2 is 1.81 bits per heavy atom. The highest BCUT2D eigenvalue weighted by Gasteiger charge is 2.20. The van der Waals surface area contributed by atoms with Crippen LogP contribution in [0.1, 0.15) is 29.3 Å². The maximum atomic E-state index is 13.5. The summed E-state index contributed by atoms with van der Waals surface area (Å²) in [6.45, 7) is 1.15. The number of halogens is 1. The minimum atomic E-state index is -0.798. The summed E-state index contributed by atoms with van der Waals surface area (Å²) in [7, 11) is 0. The van der Waals surface area contributed by atoms with Crippen molar-refractivity contribution in [3.63, 3.8) is 0 Å². The first-order valence-corrected chi connectivity index (χ1v) is 8.15. The van der Waals surface area contributed by atoms with Crippen LogP contribution >= 0.6 is 0 Å². The molecule has 27 heavy (non-hydrogen) atoms. The molecule has 3 aromatic rings. The van der Waals surface area contributed by atoms with Crippen LogP contribution in [0.5, 0.6) is 0 Å². The molecular weight excluding hydrogens is 353 g/mol. The van der Waals surface area contributed by atoms with E-state index in [1.165, 1.54) is 18.2 Å². The van der Waals surface area contributed by atoms with Gasteiger partial charge in [-0.2, -0.15) is 0 Å². The quantitative estimate of drug-likeness (QED) is 0.672. The predicted octanol–water partition coefficient (Wildman–Crippen LogP) is 2.91. The number of carbonyl (C=O) groups is 2. The molecule has 1 heterocycles. The van der Waals surface area contributed by atoms with E-state index in [4.69, 9.17) is 9.15 Å². The Labute approximate surface area is 154 Å². The van der Waals surface area contributed by atoms with Gasteiger partial charge in [0.05, 0.1) is 5.56 Å². The van der Waals surface area contributed by atoms with Crippen molar-refractivity contribution in [1.82, 2.24) is 15.5 Å². The molecule has 8 heteroatoms. The standard InChI is InChI=1S/C19H16FN3O4/c1-12(18-22-23-19(27-18)13-7-3-2-4-8-13)26-16(24)11-21-17(25)14-9-5-6-10-15(14)20/h2-10,12H,11H2,1H3,(H,21,25)/t12-/m0/s1. The maximum Gasteiger partial charge on any atom is 0.326 e. The van der Waals surface area contributed by atoms with Gasteiger partial charge in [0.15, 0.2) is 6.10 Å². The van der Waals surface area contributed by atoms with E-state index in [-0.39, 0.29) is 11.5 Å². The summed E-state index contributed by atoms with van der Waals surface area (Å²) in [4.78, 5) is 23.8. The van der Waals surface area contributed by atoms with Crippen molar-refractivity contribution >= 4 is 11.9 Å². The van der Waals surface area contributed by atoms with Crippen LogP contribution in [-0.4, -0.2) is 28.6 Å². The number of carbonyl (C=O) groups excluding carboxylic acids is 2. The third-order valence-corrected chi connectivity index (χ3v) is 3.63. The average molecular weight is 369 g/mol. The second-order valence-electron chi connectivity index (χ2n) is 5.61. The number of aromatic nitrogens is 2. The van der Waals surface area contributed by atoms with Gasteiger partial charge in [-0.05, 0) is 31.2 Å². The van der Waals surface area contributed by atoms with Gasteiger partial charge in [-0.15, -0.1) is 10.2 Å². The predicted molar refractivity (Wildman–Crippen MR) is 93.0 cm³/mol. The molecule has 1 aromatic heterocycles. The first-order valence-electron chi connectivity index (χ1n) is 8.15. The van der Waals surface area contributed by atoms with Gasteiger partial charge in [-0.3, -0.25) is 9.59 Å². The van der Waals surface area contributed by atoms with Crippen LogP contribution in [0.25, 0.3) is 11.5 Å². The van der Waals surface area contributed by atoms with Crippen LogP contribution in [0.3, 0.4) is 0 Å². The zero-order valence-corrected chi connectivity index (χ0v) is 14.4. The summed E-state index contributed by atoms with van der Waals surface area (Å²) < 4.78 is 24.2. The Hall–Kier alpha value is -3.55.